The Kier molecular flexibility index (Phi) is 4.55. The molecule has 3 aromatic rings. The van der Waals surface area contributed by atoms with Crippen molar-refractivity contribution in [2.75, 3.05) is 6.54 Å². The summed E-state index contributed by atoms with van der Waals surface area (Å²) in [6, 6.07) is 6.13. The van der Waals surface area contributed by atoms with E-state index in [0.29, 0.717) is 18.1 Å². The van der Waals surface area contributed by atoms with Crippen molar-refractivity contribution in [3.05, 3.63) is 58.7 Å². The monoisotopic (exact) mass is 323 g/mol. The van der Waals surface area contributed by atoms with Crippen LogP contribution in [0.4, 0.5) is 0 Å². The number of aryl methyl sites for hydroxylation is 3. The van der Waals surface area contributed by atoms with E-state index in [0.717, 1.165) is 6.42 Å². The third-order valence-corrected chi connectivity index (χ3v) is 4.02. The van der Waals surface area contributed by atoms with Gasteiger partial charge in [0, 0.05) is 18.9 Å². The van der Waals surface area contributed by atoms with Crippen LogP contribution in [0, 0.1) is 20.8 Å². The van der Waals surface area contributed by atoms with Crippen LogP contribution in [0.2, 0.25) is 0 Å². The largest absolute Gasteiger partial charge is 0.355 e. The number of aromatic nitrogens is 4. The molecule has 24 heavy (non-hydrogen) atoms. The molecule has 2 heterocycles. The number of hydrogen-bond donors (Lipinski definition) is 1. The molecule has 0 saturated heterocycles. The zero-order chi connectivity index (χ0) is 17.1. The maximum absolute atomic E-state index is 12.1. The van der Waals surface area contributed by atoms with Crippen LogP contribution in [0.15, 0.2) is 30.6 Å². The Labute approximate surface area is 141 Å². The number of fused-ring (bicyclic) bond motifs is 1. The molecule has 0 unspecified atom stereocenters. The standard InChI is InChI=1S/C18H21N5O/c1-12-9-13(2)15(14(3)10-12)5-7-19-17(24)11-16-21-18-20-6-4-8-23(18)22-16/h4,6,8-10H,5,7,11H2,1-3H3,(H,19,24). The molecule has 0 bridgehead atoms. The SMILES string of the molecule is Cc1cc(C)c(CCNC(=O)Cc2nc3ncccn3n2)c(C)c1. The van der Waals surface area contributed by atoms with Gasteiger partial charge in [-0.2, -0.15) is 4.98 Å². The molecule has 6 heteroatoms. The van der Waals surface area contributed by atoms with Gasteiger partial charge in [-0.1, -0.05) is 17.7 Å². The fourth-order valence-electron chi connectivity index (χ4n) is 2.99. The van der Waals surface area contributed by atoms with E-state index in [4.69, 9.17) is 0 Å². The lowest BCUT2D eigenvalue weighted by atomic mass is 9.97. The Morgan fingerprint density at radius 1 is 1.21 bits per heavy atom. The first-order valence-corrected chi connectivity index (χ1v) is 8.02. The van der Waals surface area contributed by atoms with Gasteiger partial charge >= 0.3 is 0 Å². The summed E-state index contributed by atoms with van der Waals surface area (Å²) in [6.07, 6.45) is 4.40. The van der Waals surface area contributed by atoms with Gasteiger partial charge in [-0.3, -0.25) is 4.79 Å². The molecule has 2 aromatic heterocycles. The highest BCUT2D eigenvalue weighted by atomic mass is 16.1. The average molecular weight is 323 g/mol. The van der Waals surface area contributed by atoms with Gasteiger partial charge in [0.05, 0.1) is 6.42 Å². The van der Waals surface area contributed by atoms with Gasteiger partial charge in [-0.15, -0.1) is 5.10 Å². The van der Waals surface area contributed by atoms with Crippen molar-refractivity contribution in [2.24, 2.45) is 0 Å². The molecule has 0 radical (unpaired) electrons. The van der Waals surface area contributed by atoms with Crippen molar-refractivity contribution >= 4 is 11.7 Å². The molecule has 0 aliphatic rings. The first-order chi connectivity index (χ1) is 11.5. The minimum atomic E-state index is -0.0756. The molecule has 1 amide bonds. The molecule has 1 aromatic carbocycles. The summed E-state index contributed by atoms with van der Waals surface area (Å²) in [5.41, 5.74) is 5.12. The Morgan fingerprint density at radius 3 is 2.67 bits per heavy atom. The maximum atomic E-state index is 12.1. The minimum absolute atomic E-state index is 0.0756. The van der Waals surface area contributed by atoms with Gasteiger partial charge in [0.1, 0.15) is 0 Å². The van der Waals surface area contributed by atoms with Crippen LogP contribution in [0.25, 0.3) is 5.78 Å². The highest BCUT2D eigenvalue weighted by Crippen LogP contribution is 2.16. The van der Waals surface area contributed by atoms with E-state index < -0.39 is 0 Å². The Morgan fingerprint density at radius 2 is 1.96 bits per heavy atom. The summed E-state index contributed by atoms with van der Waals surface area (Å²) in [5.74, 6) is 0.911. The molecule has 6 nitrogen and oxygen atoms in total. The summed E-state index contributed by atoms with van der Waals surface area (Å²) in [4.78, 5) is 20.4. The molecule has 1 N–H and O–H groups in total. The second kappa shape index (κ2) is 6.78. The second-order valence-corrected chi connectivity index (χ2v) is 6.05. The third kappa shape index (κ3) is 3.59. The Hall–Kier alpha value is -2.76. The molecular weight excluding hydrogens is 302 g/mol. The van der Waals surface area contributed by atoms with E-state index in [1.807, 2.05) is 0 Å². The van der Waals surface area contributed by atoms with E-state index in [9.17, 15) is 4.79 Å². The van der Waals surface area contributed by atoms with Gasteiger partial charge in [0.2, 0.25) is 5.91 Å². The predicted octanol–water partition coefficient (Wildman–Crippen LogP) is 1.95. The fraction of sp³-hybridized carbons (Fsp3) is 0.333. The van der Waals surface area contributed by atoms with Crippen molar-refractivity contribution < 1.29 is 4.79 Å². The van der Waals surface area contributed by atoms with Crippen LogP contribution in [0.5, 0.6) is 0 Å². The third-order valence-electron chi connectivity index (χ3n) is 4.02. The molecular formula is C18H21N5O. The van der Waals surface area contributed by atoms with Gasteiger partial charge in [-0.05, 0) is 49.9 Å². The van der Waals surface area contributed by atoms with E-state index in [2.05, 4.69) is 53.3 Å². The average Bonchev–Trinajstić information content (AvgIpc) is 2.91. The minimum Gasteiger partial charge on any atom is -0.355 e. The number of amides is 1. The maximum Gasteiger partial charge on any atom is 0.252 e. The number of hydrogen-bond acceptors (Lipinski definition) is 4. The van der Waals surface area contributed by atoms with Gasteiger partial charge in [0.25, 0.3) is 5.78 Å². The van der Waals surface area contributed by atoms with Crippen LogP contribution in [0.3, 0.4) is 0 Å². The van der Waals surface area contributed by atoms with Gasteiger partial charge in [0.15, 0.2) is 5.82 Å². The van der Waals surface area contributed by atoms with E-state index in [1.54, 1.807) is 23.0 Å². The fourth-order valence-corrected chi connectivity index (χ4v) is 2.99. The first-order valence-electron chi connectivity index (χ1n) is 8.02. The highest BCUT2D eigenvalue weighted by Gasteiger charge is 2.10. The van der Waals surface area contributed by atoms with E-state index in [-0.39, 0.29) is 12.3 Å². The molecule has 0 aliphatic heterocycles. The van der Waals surface area contributed by atoms with Crippen LogP contribution < -0.4 is 5.32 Å². The second-order valence-electron chi connectivity index (χ2n) is 6.05. The molecule has 124 valence electrons. The molecule has 0 atom stereocenters. The summed E-state index contributed by atoms with van der Waals surface area (Å²) < 4.78 is 1.57. The number of nitrogens with one attached hydrogen (secondary N) is 1. The molecule has 0 spiro atoms. The van der Waals surface area contributed by atoms with Gasteiger partial charge < -0.3 is 5.32 Å². The van der Waals surface area contributed by atoms with Crippen molar-refractivity contribution in [1.29, 1.82) is 0 Å². The first kappa shape index (κ1) is 16.1. The number of carbonyl (C=O) groups excluding carboxylic acids is 1. The topological polar surface area (TPSA) is 72.2 Å². The molecule has 0 saturated carbocycles. The molecule has 0 aliphatic carbocycles. The Bertz CT molecular complexity index is 828. The smallest absolute Gasteiger partial charge is 0.252 e. The van der Waals surface area contributed by atoms with Crippen LogP contribution in [0.1, 0.15) is 28.1 Å². The lowest BCUT2D eigenvalue weighted by molar-refractivity contribution is -0.120. The number of rotatable bonds is 5. The summed E-state index contributed by atoms with van der Waals surface area (Å²) in [6.45, 7) is 6.94. The Balaban J connectivity index is 1.56. The summed E-state index contributed by atoms with van der Waals surface area (Å²) in [7, 11) is 0. The lowest BCUT2D eigenvalue weighted by Gasteiger charge is -2.11. The van der Waals surface area contributed by atoms with Crippen LogP contribution >= 0.6 is 0 Å². The van der Waals surface area contributed by atoms with Crippen LogP contribution in [-0.4, -0.2) is 32.0 Å². The zero-order valence-electron chi connectivity index (χ0n) is 14.2. The lowest BCUT2D eigenvalue weighted by Crippen LogP contribution is -2.28. The summed E-state index contributed by atoms with van der Waals surface area (Å²) in [5, 5.41) is 7.18. The molecule has 3 rings (SSSR count). The van der Waals surface area contributed by atoms with Crippen molar-refractivity contribution in [3.63, 3.8) is 0 Å². The number of carbonyl (C=O) groups is 1. The predicted molar refractivity (Wildman–Crippen MR) is 91.9 cm³/mol. The molecule has 0 fully saturated rings. The quantitative estimate of drug-likeness (QED) is 0.779. The van der Waals surface area contributed by atoms with Crippen molar-refractivity contribution in [2.45, 2.75) is 33.6 Å². The zero-order valence-corrected chi connectivity index (χ0v) is 14.2. The van der Waals surface area contributed by atoms with Crippen molar-refractivity contribution in [1.82, 2.24) is 24.9 Å². The normalized spacial score (nSPS) is 11.0. The van der Waals surface area contributed by atoms with Gasteiger partial charge in [-0.25, -0.2) is 9.50 Å². The van der Waals surface area contributed by atoms with Crippen molar-refractivity contribution in [3.8, 4) is 0 Å². The highest BCUT2D eigenvalue weighted by molar-refractivity contribution is 5.77. The van der Waals surface area contributed by atoms with E-state index >= 15 is 0 Å². The summed E-state index contributed by atoms with van der Waals surface area (Å²) >= 11 is 0. The van der Waals surface area contributed by atoms with E-state index in [1.165, 1.54) is 22.3 Å². The van der Waals surface area contributed by atoms with Crippen LogP contribution in [-0.2, 0) is 17.6 Å². The number of nitrogens with zero attached hydrogens (tertiary/aromatic N) is 4. The number of benzene rings is 1.